The van der Waals surface area contributed by atoms with E-state index in [0.717, 1.165) is 25.5 Å². The smallest absolute Gasteiger partial charge is 0.140 e. The predicted octanol–water partition coefficient (Wildman–Crippen LogP) is 1.90. The molecule has 4 heteroatoms. The fourth-order valence-corrected chi connectivity index (χ4v) is 1.83. The Morgan fingerprint density at radius 3 is 2.94 bits per heavy atom. The van der Waals surface area contributed by atoms with Crippen LogP contribution in [0.2, 0.25) is 0 Å². The van der Waals surface area contributed by atoms with Crippen LogP contribution in [0.25, 0.3) is 0 Å². The van der Waals surface area contributed by atoms with Crippen LogP contribution >= 0.6 is 0 Å². The summed E-state index contributed by atoms with van der Waals surface area (Å²) in [6, 6.07) is 8.51. The fourth-order valence-electron chi connectivity index (χ4n) is 1.83. The van der Waals surface area contributed by atoms with Gasteiger partial charge in [-0.05, 0) is 19.4 Å². The Bertz CT molecular complexity index is 476. The Balaban J connectivity index is 1.87. The molecule has 17 heavy (non-hydrogen) atoms. The van der Waals surface area contributed by atoms with E-state index in [-0.39, 0.29) is 0 Å². The Kier molecular flexibility index (Phi) is 3.88. The van der Waals surface area contributed by atoms with Gasteiger partial charge in [0.05, 0.1) is 6.54 Å². The molecule has 0 aliphatic carbocycles. The highest BCUT2D eigenvalue weighted by atomic mass is 15.3. The Hall–Kier alpha value is -1.68. The van der Waals surface area contributed by atoms with Gasteiger partial charge in [0.25, 0.3) is 0 Å². The molecular formula is C13H18N4. The lowest BCUT2D eigenvalue weighted by Crippen LogP contribution is -2.17. The number of rotatable bonds is 5. The van der Waals surface area contributed by atoms with E-state index in [0.29, 0.717) is 0 Å². The second-order valence-electron chi connectivity index (χ2n) is 4.08. The second kappa shape index (κ2) is 5.59. The molecule has 1 aromatic carbocycles. The first-order valence-corrected chi connectivity index (χ1v) is 5.92. The van der Waals surface area contributed by atoms with E-state index >= 15 is 0 Å². The summed E-state index contributed by atoms with van der Waals surface area (Å²) in [5.41, 5.74) is 2.59. The zero-order valence-electron chi connectivity index (χ0n) is 10.3. The fraction of sp³-hybridized carbons (Fsp3) is 0.385. The molecule has 0 aliphatic heterocycles. The van der Waals surface area contributed by atoms with E-state index in [4.69, 9.17) is 0 Å². The summed E-state index contributed by atoms with van der Waals surface area (Å²) in [5, 5.41) is 7.52. The number of benzene rings is 1. The lowest BCUT2D eigenvalue weighted by Gasteiger charge is -2.06. The molecule has 0 unspecified atom stereocenters. The molecular weight excluding hydrogens is 212 g/mol. The van der Waals surface area contributed by atoms with E-state index in [2.05, 4.69) is 53.5 Å². The molecule has 90 valence electrons. The highest BCUT2D eigenvalue weighted by Gasteiger charge is 2.01. The van der Waals surface area contributed by atoms with Crippen LogP contribution in [0.5, 0.6) is 0 Å². The van der Waals surface area contributed by atoms with Crippen LogP contribution < -0.4 is 5.32 Å². The van der Waals surface area contributed by atoms with Gasteiger partial charge in [0, 0.05) is 13.1 Å². The Morgan fingerprint density at radius 2 is 2.18 bits per heavy atom. The Morgan fingerprint density at radius 1 is 1.29 bits per heavy atom. The van der Waals surface area contributed by atoms with Crippen LogP contribution in [0, 0.1) is 6.92 Å². The molecule has 0 aliphatic rings. The normalized spacial score (nSPS) is 10.7. The number of nitrogens with one attached hydrogen (secondary N) is 1. The minimum absolute atomic E-state index is 0.752. The topological polar surface area (TPSA) is 42.7 Å². The largest absolute Gasteiger partial charge is 0.306 e. The minimum Gasteiger partial charge on any atom is -0.306 e. The number of aromatic nitrogens is 3. The third kappa shape index (κ3) is 3.14. The van der Waals surface area contributed by atoms with E-state index in [9.17, 15) is 0 Å². The van der Waals surface area contributed by atoms with Gasteiger partial charge in [-0.15, -0.1) is 0 Å². The maximum Gasteiger partial charge on any atom is 0.140 e. The van der Waals surface area contributed by atoms with Gasteiger partial charge in [0.15, 0.2) is 0 Å². The molecule has 0 saturated heterocycles. The molecule has 0 radical (unpaired) electrons. The summed E-state index contributed by atoms with van der Waals surface area (Å²) in [7, 11) is 0. The van der Waals surface area contributed by atoms with Gasteiger partial charge >= 0.3 is 0 Å². The first kappa shape index (κ1) is 11.8. The number of hydrogen-bond donors (Lipinski definition) is 1. The van der Waals surface area contributed by atoms with Crippen molar-refractivity contribution in [1.29, 1.82) is 0 Å². The maximum atomic E-state index is 4.23. The van der Waals surface area contributed by atoms with Gasteiger partial charge in [-0.25, -0.2) is 9.67 Å². The molecule has 2 aromatic rings. The molecule has 0 amide bonds. The van der Waals surface area contributed by atoms with E-state index < -0.39 is 0 Å². The standard InChI is InChI=1S/C13H18N4/c1-3-17-13(15-10-16-17)9-14-8-12-6-4-5-11(2)7-12/h4-7,10,14H,3,8-9H2,1-2H3. The average Bonchev–Trinajstić information content (AvgIpc) is 2.77. The maximum absolute atomic E-state index is 4.23. The zero-order chi connectivity index (χ0) is 12.1. The van der Waals surface area contributed by atoms with E-state index in [1.54, 1.807) is 6.33 Å². The van der Waals surface area contributed by atoms with Gasteiger partial charge in [-0.1, -0.05) is 29.8 Å². The number of aryl methyl sites for hydroxylation is 2. The van der Waals surface area contributed by atoms with Crippen molar-refractivity contribution in [2.45, 2.75) is 33.5 Å². The zero-order valence-corrected chi connectivity index (χ0v) is 10.3. The van der Waals surface area contributed by atoms with Crippen molar-refractivity contribution in [2.24, 2.45) is 0 Å². The van der Waals surface area contributed by atoms with Crippen LogP contribution in [0.1, 0.15) is 23.9 Å². The highest BCUT2D eigenvalue weighted by molar-refractivity contribution is 5.21. The molecule has 4 nitrogen and oxygen atoms in total. The minimum atomic E-state index is 0.752. The first-order chi connectivity index (χ1) is 8.29. The number of hydrogen-bond acceptors (Lipinski definition) is 3. The van der Waals surface area contributed by atoms with Crippen LogP contribution in [0.3, 0.4) is 0 Å². The van der Waals surface area contributed by atoms with Crippen molar-refractivity contribution in [3.05, 3.63) is 47.5 Å². The van der Waals surface area contributed by atoms with Gasteiger partial charge in [0.1, 0.15) is 12.2 Å². The highest BCUT2D eigenvalue weighted by Crippen LogP contribution is 2.03. The van der Waals surface area contributed by atoms with Crippen molar-refractivity contribution in [3.8, 4) is 0 Å². The summed E-state index contributed by atoms with van der Waals surface area (Å²) in [5.74, 6) is 0.986. The molecule has 0 spiro atoms. The predicted molar refractivity (Wildman–Crippen MR) is 67.4 cm³/mol. The van der Waals surface area contributed by atoms with Gasteiger partial charge in [-0.3, -0.25) is 0 Å². The lowest BCUT2D eigenvalue weighted by atomic mass is 10.1. The first-order valence-electron chi connectivity index (χ1n) is 5.92. The summed E-state index contributed by atoms with van der Waals surface area (Å²) in [6.45, 7) is 6.65. The summed E-state index contributed by atoms with van der Waals surface area (Å²) in [6.07, 6.45) is 1.60. The van der Waals surface area contributed by atoms with Crippen molar-refractivity contribution < 1.29 is 0 Å². The van der Waals surface area contributed by atoms with Crippen molar-refractivity contribution in [3.63, 3.8) is 0 Å². The van der Waals surface area contributed by atoms with Gasteiger partial charge in [0.2, 0.25) is 0 Å². The average molecular weight is 230 g/mol. The van der Waals surface area contributed by atoms with Gasteiger partial charge in [-0.2, -0.15) is 5.10 Å². The third-order valence-electron chi connectivity index (χ3n) is 2.69. The lowest BCUT2D eigenvalue weighted by molar-refractivity contribution is 0.572. The SMILES string of the molecule is CCn1ncnc1CNCc1cccc(C)c1. The molecule has 1 N–H and O–H groups in total. The summed E-state index contributed by atoms with van der Waals surface area (Å²) in [4.78, 5) is 4.23. The molecule has 1 heterocycles. The van der Waals surface area contributed by atoms with Crippen molar-refractivity contribution >= 4 is 0 Å². The molecule has 1 aromatic heterocycles. The number of nitrogens with zero attached hydrogens (tertiary/aromatic N) is 3. The third-order valence-corrected chi connectivity index (χ3v) is 2.69. The summed E-state index contributed by atoms with van der Waals surface area (Å²) < 4.78 is 1.91. The quantitative estimate of drug-likeness (QED) is 0.853. The second-order valence-corrected chi connectivity index (χ2v) is 4.08. The molecule has 0 saturated carbocycles. The van der Waals surface area contributed by atoms with E-state index in [1.165, 1.54) is 11.1 Å². The van der Waals surface area contributed by atoms with Crippen LogP contribution in [-0.4, -0.2) is 14.8 Å². The molecule has 0 bridgehead atoms. The molecule has 0 fully saturated rings. The monoisotopic (exact) mass is 230 g/mol. The van der Waals surface area contributed by atoms with Crippen LogP contribution in [0.4, 0.5) is 0 Å². The Labute approximate surface area is 102 Å². The van der Waals surface area contributed by atoms with Gasteiger partial charge < -0.3 is 5.32 Å². The van der Waals surface area contributed by atoms with Crippen LogP contribution in [-0.2, 0) is 19.6 Å². The molecule has 2 rings (SSSR count). The van der Waals surface area contributed by atoms with Crippen molar-refractivity contribution in [2.75, 3.05) is 0 Å². The van der Waals surface area contributed by atoms with Crippen LogP contribution in [0.15, 0.2) is 30.6 Å². The molecule has 0 atom stereocenters. The van der Waals surface area contributed by atoms with E-state index in [1.807, 2.05) is 4.68 Å². The summed E-state index contributed by atoms with van der Waals surface area (Å²) >= 11 is 0. The van der Waals surface area contributed by atoms with Crippen molar-refractivity contribution in [1.82, 2.24) is 20.1 Å².